The molecule has 78 valence electrons. The van der Waals surface area contributed by atoms with Crippen LogP contribution in [0.2, 0.25) is 0 Å². The first-order valence-electron chi connectivity index (χ1n) is 5.13. The number of ether oxygens (including phenoxy) is 1. The van der Waals surface area contributed by atoms with Crippen LogP contribution in [0.25, 0.3) is 0 Å². The SMILES string of the molecule is CC(C)/C=C/[C@H](C)COC(C)(C)C. The topological polar surface area (TPSA) is 9.23 Å². The molecule has 13 heavy (non-hydrogen) atoms. The van der Waals surface area contributed by atoms with E-state index in [0.29, 0.717) is 11.8 Å². The molecular formula is C12H24O. The highest BCUT2D eigenvalue weighted by Gasteiger charge is 2.10. The van der Waals surface area contributed by atoms with Crippen molar-refractivity contribution in [3.63, 3.8) is 0 Å². The highest BCUT2D eigenvalue weighted by atomic mass is 16.5. The molecule has 0 aromatic heterocycles. The normalized spacial score (nSPS) is 15.6. The Morgan fingerprint density at radius 1 is 1.08 bits per heavy atom. The molecule has 0 spiro atoms. The Bertz CT molecular complexity index is 151. The van der Waals surface area contributed by atoms with Gasteiger partial charge in [-0.25, -0.2) is 0 Å². The molecule has 0 saturated heterocycles. The van der Waals surface area contributed by atoms with Gasteiger partial charge >= 0.3 is 0 Å². The lowest BCUT2D eigenvalue weighted by atomic mass is 10.1. The van der Waals surface area contributed by atoms with Gasteiger partial charge in [0.15, 0.2) is 0 Å². The predicted octanol–water partition coefficient (Wildman–Crippen LogP) is 3.65. The maximum atomic E-state index is 5.67. The molecule has 0 radical (unpaired) electrons. The van der Waals surface area contributed by atoms with Crippen LogP contribution in [-0.2, 0) is 4.74 Å². The summed E-state index contributed by atoms with van der Waals surface area (Å²) < 4.78 is 5.67. The van der Waals surface area contributed by atoms with Crippen molar-refractivity contribution in [2.75, 3.05) is 6.61 Å². The molecule has 0 N–H and O–H groups in total. The molecule has 0 aromatic rings. The first kappa shape index (κ1) is 12.7. The Kier molecular flexibility index (Phi) is 5.31. The van der Waals surface area contributed by atoms with Gasteiger partial charge in [-0.2, -0.15) is 0 Å². The summed E-state index contributed by atoms with van der Waals surface area (Å²) in [6.07, 6.45) is 4.47. The molecule has 1 atom stereocenters. The molecule has 0 aliphatic rings. The van der Waals surface area contributed by atoms with Gasteiger partial charge in [-0.05, 0) is 32.6 Å². The standard InChI is InChI=1S/C12H24O/c1-10(2)7-8-11(3)9-13-12(4,5)6/h7-8,10-11H,9H2,1-6H3/b8-7+/t11-/m0/s1. The van der Waals surface area contributed by atoms with E-state index >= 15 is 0 Å². The molecule has 0 saturated carbocycles. The van der Waals surface area contributed by atoms with E-state index in [2.05, 4.69) is 53.7 Å². The van der Waals surface area contributed by atoms with Gasteiger partial charge in [-0.1, -0.05) is 32.9 Å². The van der Waals surface area contributed by atoms with Gasteiger partial charge in [0, 0.05) is 0 Å². The smallest absolute Gasteiger partial charge is 0.0598 e. The number of hydrogen-bond donors (Lipinski definition) is 0. The second-order valence-corrected chi connectivity index (χ2v) is 5.03. The van der Waals surface area contributed by atoms with Crippen LogP contribution in [0.3, 0.4) is 0 Å². The van der Waals surface area contributed by atoms with Crippen molar-refractivity contribution in [3.8, 4) is 0 Å². The van der Waals surface area contributed by atoms with Crippen LogP contribution in [-0.4, -0.2) is 12.2 Å². The van der Waals surface area contributed by atoms with Gasteiger partial charge in [0.25, 0.3) is 0 Å². The maximum Gasteiger partial charge on any atom is 0.0598 e. The summed E-state index contributed by atoms with van der Waals surface area (Å²) in [4.78, 5) is 0. The molecule has 1 nitrogen and oxygen atoms in total. The number of rotatable bonds is 4. The zero-order valence-electron chi connectivity index (χ0n) is 9.92. The van der Waals surface area contributed by atoms with E-state index in [0.717, 1.165) is 6.61 Å². The first-order chi connectivity index (χ1) is 5.81. The Balaban J connectivity index is 3.69. The largest absolute Gasteiger partial charge is 0.375 e. The fourth-order valence-electron chi connectivity index (χ4n) is 0.849. The zero-order valence-corrected chi connectivity index (χ0v) is 9.92. The molecule has 0 amide bonds. The lowest BCUT2D eigenvalue weighted by Crippen LogP contribution is -2.22. The molecule has 0 aliphatic heterocycles. The van der Waals surface area contributed by atoms with Crippen molar-refractivity contribution in [2.45, 2.75) is 47.1 Å². The Morgan fingerprint density at radius 3 is 2.00 bits per heavy atom. The maximum absolute atomic E-state index is 5.67. The minimum atomic E-state index is -0.0140. The number of allylic oxidation sites excluding steroid dienone is 1. The van der Waals surface area contributed by atoms with Crippen LogP contribution in [0.4, 0.5) is 0 Å². The summed E-state index contributed by atoms with van der Waals surface area (Å²) in [7, 11) is 0. The fraction of sp³-hybridized carbons (Fsp3) is 0.833. The van der Waals surface area contributed by atoms with Crippen molar-refractivity contribution >= 4 is 0 Å². The summed E-state index contributed by atoms with van der Waals surface area (Å²) in [5.41, 5.74) is -0.0140. The summed E-state index contributed by atoms with van der Waals surface area (Å²) >= 11 is 0. The monoisotopic (exact) mass is 184 g/mol. The molecule has 0 aliphatic carbocycles. The molecule has 0 fully saturated rings. The second-order valence-electron chi connectivity index (χ2n) is 5.03. The average molecular weight is 184 g/mol. The highest BCUT2D eigenvalue weighted by molar-refractivity contribution is 4.88. The molecule has 1 heteroatoms. The Morgan fingerprint density at radius 2 is 1.62 bits per heavy atom. The van der Waals surface area contributed by atoms with E-state index in [-0.39, 0.29) is 5.60 Å². The van der Waals surface area contributed by atoms with Gasteiger partial charge in [0.2, 0.25) is 0 Å². The summed E-state index contributed by atoms with van der Waals surface area (Å²) in [5, 5.41) is 0. The van der Waals surface area contributed by atoms with E-state index < -0.39 is 0 Å². The van der Waals surface area contributed by atoms with E-state index in [1.54, 1.807) is 0 Å². The van der Waals surface area contributed by atoms with Crippen LogP contribution in [0.1, 0.15) is 41.5 Å². The fourth-order valence-corrected chi connectivity index (χ4v) is 0.849. The van der Waals surface area contributed by atoms with Crippen molar-refractivity contribution in [2.24, 2.45) is 11.8 Å². The predicted molar refractivity (Wildman–Crippen MR) is 58.8 cm³/mol. The van der Waals surface area contributed by atoms with Crippen molar-refractivity contribution in [3.05, 3.63) is 12.2 Å². The average Bonchev–Trinajstić information content (AvgIpc) is 1.95. The van der Waals surface area contributed by atoms with Gasteiger partial charge in [-0.3, -0.25) is 0 Å². The zero-order chi connectivity index (χ0) is 10.5. The third-order valence-corrected chi connectivity index (χ3v) is 1.60. The van der Waals surface area contributed by atoms with E-state index in [1.165, 1.54) is 0 Å². The molecule has 0 heterocycles. The van der Waals surface area contributed by atoms with Gasteiger partial charge in [0.05, 0.1) is 12.2 Å². The minimum Gasteiger partial charge on any atom is -0.375 e. The van der Waals surface area contributed by atoms with Gasteiger partial charge < -0.3 is 4.74 Å². The van der Waals surface area contributed by atoms with Crippen LogP contribution in [0.5, 0.6) is 0 Å². The molecule has 0 bridgehead atoms. The van der Waals surface area contributed by atoms with Gasteiger partial charge in [0.1, 0.15) is 0 Å². The lowest BCUT2D eigenvalue weighted by molar-refractivity contribution is -0.0130. The van der Waals surface area contributed by atoms with E-state index in [4.69, 9.17) is 4.74 Å². The molecule has 0 unspecified atom stereocenters. The van der Waals surface area contributed by atoms with Crippen LogP contribution < -0.4 is 0 Å². The molecule has 0 rings (SSSR count). The highest BCUT2D eigenvalue weighted by Crippen LogP contribution is 2.10. The molecule has 0 aromatic carbocycles. The minimum absolute atomic E-state index is 0.0140. The lowest BCUT2D eigenvalue weighted by Gasteiger charge is -2.21. The number of hydrogen-bond acceptors (Lipinski definition) is 1. The first-order valence-corrected chi connectivity index (χ1v) is 5.13. The Labute approximate surface area is 83.2 Å². The van der Waals surface area contributed by atoms with Crippen molar-refractivity contribution < 1.29 is 4.74 Å². The molecular weight excluding hydrogens is 160 g/mol. The third-order valence-electron chi connectivity index (χ3n) is 1.60. The van der Waals surface area contributed by atoms with Crippen LogP contribution in [0.15, 0.2) is 12.2 Å². The summed E-state index contributed by atoms with van der Waals surface area (Å²) in [6.45, 7) is 13.6. The van der Waals surface area contributed by atoms with Crippen molar-refractivity contribution in [1.29, 1.82) is 0 Å². The quantitative estimate of drug-likeness (QED) is 0.606. The van der Waals surface area contributed by atoms with Crippen LogP contribution >= 0.6 is 0 Å². The summed E-state index contributed by atoms with van der Waals surface area (Å²) in [5.74, 6) is 1.15. The summed E-state index contributed by atoms with van der Waals surface area (Å²) in [6, 6.07) is 0. The second kappa shape index (κ2) is 5.43. The van der Waals surface area contributed by atoms with Gasteiger partial charge in [-0.15, -0.1) is 0 Å². The van der Waals surface area contributed by atoms with E-state index in [9.17, 15) is 0 Å². The van der Waals surface area contributed by atoms with E-state index in [1.807, 2.05) is 0 Å². The Hall–Kier alpha value is -0.300. The van der Waals surface area contributed by atoms with Crippen molar-refractivity contribution in [1.82, 2.24) is 0 Å². The third kappa shape index (κ3) is 9.62. The van der Waals surface area contributed by atoms with Crippen LogP contribution in [0, 0.1) is 11.8 Å².